The van der Waals surface area contributed by atoms with E-state index in [9.17, 15) is 4.79 Å². The highest BCUT2D eigenvalue weighted by Crippen LogP contribution is 2.39. The Hall–Kier alpha value is -0.585. The summed E-state index contributed by atoms with van der Waals surface area (Å²) < 4.78 is 17.8. The second-order valence-electron chi connectivity index (χ2n) is 8.09. The van der Waals surface area contributed by atoms with Gasteiger partial charge in [-0.05, 0) is 59.7 Å². The van der Waals surface area contributed by atoms with Crippen molar-refractivity contribution in [2.24, 2.45) is 5.92 Å². The molecule has 0 saturated carbocycles. The van der Waals surface area contributed by atoms with Gasteiger partial charge in [0.15, 0.2) is 0 Å². The summed E-state index contributed by atoms with van der Waals surface area (Å²) in [4.78, 5) is 11.3. The second-order valence-corrected chi connectivity index (χ2v) is 8.09. The molecule has 0 aromatic carbocycles. The molecule has 0 aromatic heterocycles. The number of hydrogen-bond donors (Lipinski definition) is 1. The Bertz CT molecular complexity index is 410. The fourth-order valence-corrected chi connectivity index (χ4v) is 3.36. The summed E-state index contributed by atoms with van der Waals surface area (Å²) in [5, 5.41) is 3.02. The van der Waals surface area contributed by atoms with Gasteiger partial charge in [0, 0.05) is 13.5 Å². The molecule has 0 bridgehead atoms. The van der Waals surface area contributed by atoms with Crippen LogP contribution in [0.25, 0.3) is 0 Å². The SMILES string of the molecule is CC(=O)NC1(C)COCC(CCB2OC(C)(C)C(C)(C)O2)C1. The molecule has 1 amide bonds. The van der Waals surface area contributed by atoms with Crippen LogP contribution in [0.2, 0.25) is 6.32 Å². The van der Waals surface area contributed by atoms with Crippen molar-refractivity contribution in [2.45, 2.75) is 77.4 Å². The van der Waals surface area contributed by atoms with Gasteiger partial charge in [-0.25, -0.2) is 0 Å². The van der Waals surface area contributed by atoms with E-state index in [0.29, 0.717) is 12.5 Å². The van der Waals surface area contributed by atoms with Crippen LogP contribution >= 0.6 is 0 Å². The van der Waals surface area contributed by atoms with Gasteiger partial charge in [0.2, 0.25) is 5.91 Å². The van der Waals surface area contributed by atoms with Crippen molar-refractivity contribution in [1.82, 2.24) is 5.32 Å². The van der Waals surface area contributed by atoms with Gasteiger partial charge >= 0.3 is 7.12 Å². The monoisotopic (exact) mass is 311 g/mol. The highest BCUT2D eigenvalue weighted by molar-refractivity contribution is 6.45. The van der Waals surface area contributed by atoms with Crippen LogP contribution < -0.4 is 5.32 Å². The molecular formula is C16H30BNO4. The molecule has 2 rings (SSSR count). The Balaban J connectivity index is 1.84. The van der Waals surface area contributed by atoms with E-state index in [0.717, 1.165) is 25.8 Å². The summed E-state index contributed by atoms with van der Waals surface area (Å²) in [6.45, 7) is 13.2. The largest absolute Gasteiger partial charge is 0.457 e. The zero-order chi connectivity index (χ0) is 16.6. The Morgan fingerprint density at radius 2 is 1.77 bits per heavy atom. The van der Waals surface area contributed by atoms with Crippen LogP contribution in [0, 0.1) is 5.92 Å². The van der Waals surface area contributed by atoms with Crippen molar-refractivity contribution in [3.63, 3.8) is 0 Å². The van der Waals surface area contributed by atoms with Crippen LogP contribution in [0.1, 0.15) is 54.4 Å². The van der Waals surface area contributed by atoms with E-state index in [4.69, 9.17) is 14.0 Å². The molecule has 0 radical (unpaired) electrons. The van der Waals surface area contributed by atoms with E-state index >= 15 is 0 Å². The zero-order valence-corrected chi connectivity index (χ0v) is 14.8. The number of carbonyl (C=O) groups is 1. The zero-order valence-electron chi connectivity index (χ0n) is 14.8. The molecule has 2 aliphatic rings. The molecule has 22 heavy (non-hydrogen) atoms. The Morgan fingerprint density at radius 1 is 1.18 bits per heavy atom. The highest BCUT2D eigenvalue weighted by atomic mass is 16.7. The molecule has 2 fully saturated rings. The third-order valence-corrected chi connectivity index (χ3v) is 5.10. The fraction of sp³-hybridized carbons (Fsp3) is 0.938. The maximum Gasteiger partial charge on any atom is 0.457 e. The number of ether oxygens (including phenoxy) is 1. The quantitative estimate of drug-likeness (QED) is 0.810. The first kappa shape index (κ1) is 17.8. The second kappa shape index (κ2) is 6.14. The summed E-state index contributed by atoms with van der Waals surface area (Å²) in [7, 11) is -0.154. The molecule has 5 nitrogen and oxygen atoms in total. The molecule has 2 heterocycles. The molecule has 0 aliphatic carbocycles. The molecule has 6 heteroatoms. The third kappa shape index (κ3) is 4.03. The average Bonchev–Trinajstić information content (AvgIpc) is 2.54. The van der Waals surface area contributed by atoms with Gasteiger partial charge in [-0.15, -0.1) is 0 Å². The Labute approximate surface area is 134 Å². The average molecular weight is 311 g/mol. The van der Waals surface area contributed by atoms with Gasteiger partial charge in [0.25, 0.3) is 0 Å². The summed E-state index contributed by atoms with van der Waals surface area (Å²) in [5.74, 6) is 0.419. The summed E-state index contributed by atoms with van der Waals surface area (Å²) >= 11 is 0. The summed E-state index contributed by atoms with van der Waals surface area (Å²) in [6, 6.07) is 0. The van der Waals surface area contributed by atoms with Gasteiger partial charge < -0.3 is 19.4 Å². The highest BCUT2D eigenvalue weighted by Gasteiger charge is 2.50. The van der Waals surface area contributed by atoms with E-state index in [1.54, 1.807) is 6.92 Å². The fourth-order valence-electron chi connectivity index (χ4n) is 3.36. The molecule has 2 unspecified atom stereocenters. The lowest BCUT2D eigenvalue weighted by molar-refractivity contribution is -0.123. The van der Waals surface area contributed by atoms with Gasteiger partial charge in [0.1, 0.15) is 0 Å². The lowest BCUT2D eigenvalue weighted by Gasteiger charge is -2.38. The van der Waals surface area contributed by atoms with Crippen LogP contribution in [-0.2, 0) is 18.8 Å². The first-order valence-corrected chi connectivity index (χ1v) is 8.25. The Kier molecular flexibility index (Phi) is 4.95. The topological polar surface area (TPSA) is 56.8 Å². The standard InChI is InChI=1S/C16H30BNO4/c1-12(19)18-16(6)9-13(10-20-11-16)7-8-17-21-14(2,3)15(4,5)22-17/h13H,7-11H2,1-6H3,(H,18,19). The predicted octanol–water partition coefficient (Wildman–Crippen LogP) is 2.40. The van der Waals surface area contributed by atoms with Crippen LogP contribution in [-0.4, -0.2) is 43.0 Å². The number of hydrogen-bond acceptors (Lipinski definition) is 4. The molecule has 2 atom stereocenters. The van der Waals surface area contributed by atoms with Crippen LogP contribution in [0.15, 0.2) is 0 Å². The normalized spacial score (nSPS) is 33.7. The number of carbonyl (C=O) groups excluding carboxylic acids is 1. The van der Waals surface area contributed by atoms with Crippen LogP contribution in [0.5, 0.6) is 0 Å². The van der Waals surface area contributed by atoms with Gasteiger partial charge in [-0.1, -0.05) is 0 Å². The van der Waals surface area contributed by atoms with Crippen LogP contribution in [0.3, 0.4) is 0 Å². The van der Waals surface area contributed by atoms with E-state index in [2.05, 4.69) is 39.9 Å². The first-order valence-electron chi connectivity index (χ1n) is 8.25. The number of amides is 1. The van der Waals surface area contributed by atoms with Gasteiger partial charge in [-0.3, -0.25) is 4.79 Å². The smallest absolute Gasteiger partial charge is 0.403 e. The minimum atomic E-state index is -0.272. The Morgan fingerprint density at radius 3 is 2.32 bits per heavy atom. The third-order valence-electron chi connectivity index (χ3n) is 5.10. The lowest BCUT2D eigenvalue weighted by Crippen LogP contribution is -2.53. The van der Waals surface area contributed by atoms with Crippen molar-refractivity contribution in [1.29, 1.82) is 0 Å². The van der Waals surface area contributed by atoms with Gasteiger partial charge in [-0.2, -0.15) is 0 Å². The summed E-state index contributed by atoms with van der Waals surface area (Å²) in [6.07, 6.45) is 2.77. The minimum Gasteiger partial charge on any atom is -0.403 e. The van der Waals surface area contributed by atoms with Crippen molar-refractivity contribution >= 4 is 13.0 Å². The van der Waals surface area contributed by atoms with Gasteiger partial charge in [0.05, 0.1) is 23.3 Å². The van der Waals surface area contributed by atoms with E-state index < -0.39 is 0 Å². The van der Waals surface area contributed by atoms with E-state index in [1.165, 1.54) is 0 Å². The molecule has 0 aromatic rings. The maximum absolute atomic E-state index is 11.3. The van der Waals surface area contributed by atoms with Crippen LogP contribution in [0.4, 0.5) is 0 Å². The lowest BCUT2D eigenvalue weighted by atomic mass is 9.76. The molecular weight excluding hydrogens is 281 g/mol. The van der Waals surface area contributed by atoms with E-state index in [-0.39, 0.29) is 29.8 Å². The molecule has 2 aliphatic heterocycles. The minimum absolute atomic E-state index is 0.00212. The first-order chi connectivity index (χ1) is 10.0. The van der Waals surface area contributed by atoms with Crippen molar-refractivity contribution in [3.8, 4) is 0 Å². The molecule has 2 saturated heterocycles. The maximum atomic E-state index is 11.3. The molecule has 126 valence electrons. The van der Waals surface area contributed by atoms with E-state index in [1.807, 2.05) is 0 Å². The van der Waals surface area contributed by atoms with Crippen molar-refractivity contribution in [3.05, 3.63) is 0 Å². The van der Waals surface area contributed by atoms with Crippen molar-refractivity contribution < 1.29 is 18.8 Å². The van der Waals surface area contributed by atoms with Crippen molar-refractivity contribution in [2.75, 3.05) is 13.2 Å². The summed E-state index contributed by atoms with van der Waals surface area (Å²) in [5.41, 5.74) is -0.804. The number of nitrogens with one attached hydrogen (secondary N) is 1. The number of rotatable bonds is 4. The predicted molar refractivity (Wildman–Crippen MR) is 86.7 cm³/mol. The molecule has 0 spiro atoms. The molecule has 1 N–H and O–H groups in total.